The second-order valence-corrected chi connectivity index (χ2v) is 6.30. The predicted octanol–water partition coefficient (Wildman–Crippen LogP) is 6.39. The average molecular weight is 315 g/mol. The Labute approximate surface area is 141 Å². The Morgan fingerprint density at radius 2 is 1.92 bits per heavy atom. The fourth-order valence-corrected chi connectivity index (χ4v) is 3.22. The van der Waals surface area contributed by atoms with Gasteiger partial charge in [0.2, 0.25) is 0 Å². The lowest BCUT2D eigenvalue weighted by atomic mass is 10.1. The van der Waals surface area contributed by atoms with Gasteiger partial charge in [-0.05, 0) is 36.8 Å². The summed E-state index contributed by atoms with van der Waals surface area (Å²) in [6.07, 6.45) is 6.02. The zero-order valence-electron chi connectivity index (χ0n) is 14.0. The number of unbranched alkanes of at least 4 members (excludes halogenated alkanes) is 4. The third-order valence-corrected chi connectivity index (χ3v) is 4.51. The van der Waals surface area contributed by atoms with E-state index in [1.807, 2.05) is 12.1 Å². The second-order valence-electron chi connectivity index (χ2n) is 6.30. The van der Waals surface area contributed by atoms with Crippen LogP contribution in [0.4, 0.5) is 0 Å². The van der Waals surface area contributed by atoms with Crippen molar-refractivity contribution in [3.05, 3.63) is 48.0 Å². The number of para-hydroxylation sites is 1. The molecule has 0 aliphatic carbocycles. The van der Waals surface area contributed by atoms with Crippen LogP contribution in [-0.4, -0.2) is 4.98 Å². The van der Waals surface area contributed by atoms with Crippen molar-refractivity contribution in [2.75, 3.05) is 0 Å². The molecule has 0 aliphatic rings. The van der Waals surface area contributed by atoms with Crippen LogP contribution in [-0.2, 0) is 0 Å². The molecular formula is C22H21NO. The largest absolute Gasteiger partial charge is 0.454 e. The van der Waals surface area contributed by atoms with Gasteiger partial charge in [-0.2, -0.15) is 0 Å². The molecule has 0 amide bonds. The number of nitrogens with one attached hydrogen (secondary N) is 1. The molecule has 0 saturated heterocycles. The van der Waals surface area contributed by atoms with Gasteiger partial charge in [0.15, 0.2) is 5.58 Å². The Kier molecular flexibility index (Phi) is 4.01. The molecule has 1 N–H and O–H groups in total. The van der Waals surface area contributed by atoms with E-state index in [1.165, 1.54) is 25.7 Å². The summed E-state index contributed by atoms with van der Waals surface area (Å²) < 4.78 is 6.11. The lowest BCUT2D eigenvalue weighted by Crippen LogP contribution is -1.76. The van der Waals surface area contributed by atoms with Crippen LogP contribution in [0.15, 0.2) is 46.9 Å². The summed E-state index contributed by atoms with van der Waals surface area (Å²) in [6, 6.07) is 14.5. The maximum Gasteiger partial charge on any atom is 0.160 e. The van der Waals surface area contributed by atoms with E-state index in [1.54, 1.807) is 0 Å². The lowest BCUT2D eigenvalue weighted by molar-refractivity contribution is 0.673. The van der Waals surface area contributed by atoms with Gasteiger partial charge in [0.1, 0.15) is 5.58 Å². The highest BCUT2D eigenvalue weighted by Gasteiger charge is 2.12. The van der Waals surface area contributed by atoms with Gasteiger partial charge in [-0.15, -0.1) is 0 Å². The van der Waals surface area contributed by atoms with Gasteiger partial charge < -0.3 is 9.40 Å². The second kappa shape index (κ2) is 6.45. The Hall–Kier alpha value is -2.66. The monoisotopic (exact) mass is 315 g/mol. The summed E-state index contributed by atoms with van der Waals surface area (Å²) in [4.78, 5) is 3.46. The standard InChI is InChI=1S/C22H21NO/c1-2-3-4-5-6-7-10-16-13-14-18-20(15-16)24-22-17-11-8-9-12-19(17)23-21(18)22/h8-9,11-15,23H,2-6H2,1H3. The zero-order chi connectivity index (χ0) is 16.4. The third kappa shape index (κ3) is 2.67. The first-order chi connectivity index (χ1) is 11.9. The van der Waals surface area contributed by atoms with Crippen molar-refractivity contribution in [1.82, 2.24) is 4.98 Å². The Morgan fingerprint density at radius 3 is 2.83 bits per heavy atom. The molecule has 0 unspecified atom stereocenters. The first-order valence-electron chi connectivity index (χ1n) is 8.78. The number of aromatic nitrogens is 1. The maximum atomic E-state index is 6.11. The number of benzene rings is 2. The maximum absolute atomic E-state index is 6.11. The van der Waals surface area contributed by atoms with Crippen molar-refractivity contribution in [3.63, 3.8) is 0 Å². The molecule has 2 aromatic carbocycles. The van der Waals surface area contributed by atoms with Gasteiger partial charge in [0, 0.05) is 28.3 Å². The Bertz CT molecular complexity index is 1060. The number of hydrogen-bond acceptors (Lipinski definition) is 1. The van der Waals surface area contributed by atoms with Crippen molar-refractivity contribution >= 4 is 33.0 Å². The highest BCUT2D eigenvalue weighted by molar-refractivity contribution is 6.14. The zero-order valence-corrected chi connectivity index (χ0v) is 14.0. The first kappa shape index (κ1) is 14.9. The highest BCUT2D eigenvalue weighted by atomic mass is 16.3. The minimum absolute atomic E-state index is 0.903. The molecule has 4 rings (SSSR count). The summed E-state index contributed by atoms with van der Waals surface area (Å²) in [5.74, 6) is 6.55. The normalized spacial score (nSPS) is 11.2. The van der Waals surface area contributed by atoms with Crippen LogP contribution in [0.2, 0.25) is 0 Å². The Balaban J connectivity index is 1.64. The topological polar surface area (TPSA) is 28.9 Å². The summed E-state index contributed by atoms with van der Waals surface area (Å²) in [5, 5.41) is 2.25. The van der Waals surface area contributed by atoms with Crippen molar-refractivity contribution < 1.29 is 4.42 Å². The van der Waals surface area contributed by atoms with Crippen LogP contribution in [0, 0.1) is 11.8 Å². The van der Waals surface area contributed by atoms with Crippen LogP contribution in [0.5, 0.6) is 0 Å². The van der Waals surface area contributed by atoms with Gasteiger partial charge in [-0.3, -0.25) is 0 Å². The molecule has 2 heteroatoms. The fourth-order valence-electron chi connectivity index (χ4n) is 3.22. The number of rotatable bonds is 4. The first-order valence-corrected chi connectivity index (χ1v) is 8.78. The van der Waals surface area contributed by atoms with Gasteiger partial charge in [-0.25, -0.2) is 0 Å². The predicted molar refractivity (Wildman–Crippen MR) is 101 cm³/mol. The number of H-pyrrole nitrogens is 1. The van der Waals surface area contributed by atoms with Crippen molar-refractivity contribution in [1.29, 1.82) is 0 Å². The van der Waals surface area contributed by atoms with E-state index in [9.17, 15) is 0 Å². The van der Waals surface area contributed by atoms with Crippen LogP contribution >= 0.6 is 0 Å². The average Bonchev–Trinajstić information content (AvgIpc) is 3.13. The summed E-state index contributed by atoms with van der Waals surface area (Å²) in [6.45, 7) is 2.23. The molecule has 4 aromatic rings. The molecule has 2 nitrogen and oxygen atoms in total. The molecule has 2 aromatic heterocycles. The number of hydrogen-bond donors (Lipinski definition) is 1. The van der Waals surface area contributed by atoms with E-state index < -0.39 is 0 Å². The van der Waals surface area contributed by atoms with Crippen LogP contribution < -0.4 is 0 Å². The van der Waals surface area contributed by atoms with Crippen LogP contribution in [0.25, 0.3) is 33.0 Å². The summed E-state index contributed by atoms with van der Waals surface area (Å²) >= 11 is 0. The molecule has 24 heavy (non-hydrogen) atoms. The number of fused-ring (bicyclic) bond motifs is 5. The molecule has 0 spiro atoms. The van der Waals surface area contributed by atoms with E-state index in [2.05, 4.69) is 54.1 Å². The van der Waals surface area contributed by atoms with Crippen LogP contribution in [0.1, 0.15) is 44.6 Å². The molecule has 2 heterocycles. The number of aromatic amines is 1. The smallest absolute Gasteiger partial charge is 0.160 e. The van der Waals surface area contributed by atoms with Gasteiger partial charge in [-0.1, -0.05) is 50.2 Å². The van der Waals surface area contributed by atoms with E-state index in [0.29, 0.717) is 0 Å². The van der Waals surface area contributed by atoms with Crippen molar-refractivity contribution in [2.45, 2.75) is 39.0 Å². The van der Waals surface area contributed by atoms with Crippen LogP contribution in [0.3, 0.4) is 0 Å². The number of furan rings is 1. The molecule has 0 atom stereocenters. The van der Waals surface area contributed by atoms with Crippen molar-refractivity contribution in [3.8, 4) is 11.8 Å². The van der Waals surface area contributed by atoms with Gasteiger partial charge in [0.05, 0.1) is 5.52 Å². The molecule has 0 aliphatic heterocycles. The molecule has 0 saturated carbocycles. The minimum Gasteiger partial charge on any atom is -0.454 e. The van der Waals surface area contributed by atoms with Crippen molar-refractivity contribution in [2.24, 2.45) is 0 Å². The fraction of sp³-hybridized carbons (Fsp3) is 0.273. The highest BCUT2D eigenvalue weighted by Crippen LogP contribution is 2.34. The van der Waals surface area contributed by atoms with Gasteiger partial charge in [0.25, 0.3) is 0 Å². The van der Waals surface area contributed by atoms with Gasteiger partial charge >= 0.3 is 0 Å². The van der Waals surface area contributed by atoms with E-state index in [-0.39, 0.29) is 0 Å². The van der Waals surface area contributed by atoms with E-state index in [0.717, 1.165) is 45.0 Å². The molecule has 120 valence electrons. The SMILES string of the molecule is CCCCCCC#Cc1ccc2c(c1)oc1c3ccccc3[nH]c21. The quantitative estimate of drug-likeness (QED) is 0.343. The molecule has 0 fully saturated rings. The summed E-state index contributed by atoms with van der Waals surface area (Å²) in [5.41, 5.74) is 5.05. The third-order valence-electron chi connectivity index (χ3n) is 4.51. The Morgan fingerprint density at radius 1 is 1.00 bits per heavy atom. The van der Waals surface area contributed by atoms with E-state index in [4.69, 9.17) is 4.42 Å². The molecular weight excluding hydrogens is 294 g/mol. The van der Waals surface area contributed by atoms with E-state index >= 15 is 0 Å². The lowest BCUT2D eigenvalue weighted by Gasteiger charge is -1.93. The molecule has 0 bridgehead atoms. The molecule has 0 radical (unpaired) electrons. The summed E-state index contributed by atoms with van der Waals surface area (Å²) in [7, 11) is 0. The minimum atomic E-state index is 0.903.